The molecule has 3 rings (SSSR count). The number of anilines is 2. The van der Waals surface area contributed by atoms with Crippen molar-refractivity contribution in [2.75, 3.05) is 23.4 Å². The van der Waals surface area contributed by atoms with Crippen LogP contribution in [0.15, 0.2) is 42.5 Å². The van der Waals surface area contributed by atoms with E-state index in [1.165, 1.54) is 29.2 Å². The van der Waals surface area contributed by atoms with Crippen molar-refractivity contribution < 1.29 is 27.5 Å². The zero-order chi connectivity index (χ0) is 19.6. The lowest BCUT2D eigenvalue weighted by atomic mass is 10.1. The molecule has 1 aliphatic rings. The Labute approximate surface area is 153 Å². The average molecular weight is 378 g/mol. The van der Waals surface area contributed by atoms with Gasteiger partial charge in [-0.2, -0.15) is 13.2 Å². The summed E-state index contributed by atoms with van der Waals surface area (Å²) in [6.07, 6.45) is -3.91. The first-order valence-electron chi connectivity index (χ1n) is 8.36. The molecule has 0 atom stereocenters. The molecule has 0 radical (unpaired) electrons. The third-order valence-corrected chi connectivity index (χ3v) is 4.08. The highest BCUT2D eigenvalue weighted by Gasteiger charge is 2.35. The minimum atomic E-state index is -4.64. The Hall–Kier alpha value is -3.03. The van der Waals surface area contributed by atoms with Crippen LogP contribution in [-0.2, 0) is 11.0 Å². The third-order valence-electron chi connectivity index (χ3n) is 4.08. The van der Waals surface area contributed by atoms with Crippen molar-refractivity contribution in [3.63, 3.8) is 0 Å². The van der Waals surface area contributed by atoms with Crippen molar-refractivity contribution in [2.45, 2.75) is 19.5 Å². The normalized spacial score (nSPS) is 13.8. The number of alkyl halides is 3. The summed E-state index contributed by atoms with van der Waals surface area (Å²) in [5, 5.41) is 2.47. The first-order chi connectivity index (χ1) is 12.8. The van der Waals surface area contributed by atoms with Gasteiger partial charge in [-0.25, -0.2) is 0 Å². The van der Waals surface area contributed by atoms with E-state index in [1.807, 2.05) is 6.92 Å². The topological polar surface area (TPSA) is 58.6 Å². The fourth-order valence-electron chi connectivity index (χ4n) is 2.88. The van der Waals surface area contributed by atoms with Gasteiger partial charge in [0.15, 0.2) is 6.61 Å². The van der Waals surface area contributed by atoms with E-state index in [0.29, 0.717) is 18.0 Å². The Kier molecular flexibility index (Phi) is 5.07. The molecule has 0 bridgehead atoms. The van der Waals surface area contributed by atoms with Gasteiger partial charge in [0.05, 0.1) is 16.8 Å². The maximum atomic E-state index is 13.1. The zero-order valence-corrected chi connectivity index (χ0v) is 14.5. The number of hydrogen-bond acceptors (Lipinski definition) is 3. The Morgan fingerprint density at radius 2 is 1.96 bits per heavy atom. The van der Waals surface area contributed by atoms with E-state index in [0.717, 1.165) is 18.6 Å². The Morgan fingerprint density at radius 1 is 1.22 bits per heavy atom. The van der Waals surface area contributed by atoms with Crippen LogP contribution in [0.4, 0.5) is 24.5 Å². The predicted molar refractivity (Wildman–Crippen MR) is 94.0 cm³/mol. The molecule has 1 heterocycles. The molecule has 2 amide bonds. The average Bonchev–Trinajstić information content (AvgIpc) is 2.63. The van der Waals surface area contributed by atoms with Gasteiger partial charge in [-0.05, 0) is 36.8 Å². The lowest BCUT2D eigenvalue weighted by molar-refractivity contribution is -0.137. The molecule has 2 aromatic rings. The molecule has 0 unspecified atom stereocenters. The number of amides is 2. The number of hydrogen-bond donors (Lipinski definition) is 1. The van der Waals surface area contributed by atoms with Gasteiger partial charge in [-0.15, -0.1) is 0 Å². The van der Waals surface area contributed by atoms with E-state index < -0.39 is 23.2 Å². The van der Waals surface area contributed by atoms with Gasteiger partial charge >= 0.3 is 6.18 Å². The summed E-state index contributed by atoms with van der Waals surface area (Å²) in [5.74, 6) is -0.611. The Balaban J connectivity index is 1.90. The van der Waals surface area contributed by atoms with Crippen LogP contribution >= 0.6 is 0 Å². The maximum Gasteiger partial charge on any atom is 0.417 e. The smallest absolute Gasteiger partial charge is 0.417 e. The standard InChI is InChI=1S/C19H17F3N2O3/c1-2-9-24-15-10-12(7-8-16(15)27-11-17(24)25)23-18(26)13-5-3-4-6-14(13)19(20,21)22/h3-8,10H,2,9,11H2,1H3,(H,23,26). The number of halogens is 3. The van der Waals surface area contributed by atoms with Crippen molar-refractivity contribution >= 4 is 23.2 Å². The molecular formula is C19H17F3N2O3. The van der Waals surface area contributed by atoms with Gasteiger partial charge in [0, 0.05) is 12.2 Å². The number of ether oxygens (including phenoxy) is 1. The van der Waals surface area contributed by atoms with Crippen LogP contribution in [0.25, 0.3) is 0 Å². The molecular weight excluding hydrogens is 361 g/mol. The zero-order valence-electron chi connectivity index (χ0n) is 14.5. The third kappa shape index (κ3) is 3.89. The van der Waals surface area contributed by atoms with Gasteiger partial charge in [0.2, 0.25) is 0 Å². The number of carbonyl (C=O) groups excluding carboxylic acids is 2. The monoisotopic (exact) mass is 378 g/mol. The lowest BCUT2D eigenvalue weighted by Gasteiger charge is -2.29. The molecule has 1 aliphatic heterocycles. The van der Waals surface area contributed by atoms with Crippen molar-refractivity contribution in [2.24, 2.45) is 0 Å². The molecule has 142 valence electrons. The molecule has 2 aromatic carbocycles. The number of benzene rings is 2. The minimum Gasteiger partial charge on any atom is -0.482 e. The van der Waals surface area contributed by atoms with Crippen LogP contribution in [-0.4, -0.2) is 25.0 Å². The maximum absolute atomic E-state index is 13.1. The fourth-order valence-corrected chi connectivity index (χ4v) is 2.88. The van der Waals surface area contributed by atoms with Crippen molar-refractivity contribution in [1.82, 2.24) is 0 Å². The van der Waals surface area contributed by atoms with Crippen LogP contribution in [0.1, 0.15) is 29.3 Å². The second-order valence-corrected chi connectivity index (χ2v) is 6.01. The quantitative estimate of drug-likeness (QED) is 0.872. The van der Waals surface area contributed by atoms with E-state index in [1.54, 1.807) is 6.07 Å². The van der Waals surface area contributed by atoms with Crippen LogP contribution in [0, 0.1) is 0 Å². The van der Waals surface area contributed by atoms with Gasteiger partial charge in [0.25, 0.3) is 11.8 Å². The molecule has 0 saturated heterocycles. The second-order valence-electron chi connectivity index (χ2n) is 6.01. The summed E-state index contributed by atoms with van der Waals surface area (Å²) in [6, 6.07) is 9.19. The Bertz CT molecular complexity index is 881. The van der Waals surface area contributed by atoms with Gasteiger partial charge in [-0.3, -0.25) is 9.59 Å². The van der Waals surface area contributed by atoms with Crippen molar-refractivity contribution in [3.8, 4) is 5.75 Å². The highest BCUT2D eigenvalue weighted by Crippen LogP contribution is 2.36. The summed E-state index contributed by atoms with van der Waals surface area (Å²) in [4.78, 5) is 26.0. The minimum absolute atomic E-state index is 0.0718. The van der Waals surface area contributed by atoms with Crippen molar-refractivity contribution in [3.05, 3.63) is 53.6 Å². The summed E-state index contributed by atoms with van der Waals surface area (Å²) < 4.78 is 44.7. The number of fused-ring (bicyclic) bond motifs is 1. The van der Waals surface area contributed by atoms with Crippen LogP contribution in [0.3, 0.4) is 0 Å². The van der Waals surface area contributed by atoms with Crippen LogP contribution < -0.4 is 15.0 Å². The van der Waals surface area contributed by atoms with Gasteiger partial charge < -0.3 is 15.0 Å². The van der Waals surface area contributed by atoms with E-state index in [4.69, 9.17) is 4.74 Å². The molecule has 0 fully saturated rings. The predicted octanol–water partition coefficient (Wildman–Crippen LogP) is 4.09. The number of rotatable bonds is 4. The molecule has 27 heavy (non-hydrogen) atoms. The largest absolute Gasteiger partial charge is 0.482 e. The lowest BCUT2D eigenvalue weighted by Crippen LogP contribution is -2.39. The summed E-state index contributed by atoms with van der Waals surface area (Å²) in [5.41, 5.74) is -0.725. The van der Waals surface area contributed by atoms with Crippen LogP contribution in [0.5, 0.6) is 5.75 Å². The SMILES string of the molecule is CCCN1C(=O)COc2ccc(NC(=O)c3ccccc3C(F)(F)F)cc21. The molecule has 1 N–H and O–H groups in total. The molecule has 0 aliphatic carbocycles. The highest BCUT2D eigenvalue weighted by molar-refractivity contribution is 6.06. The fraction of sp³-hybridized carbons (Fsp3) is 0.263. The summed E-state index contributed by atoms with van der Waals surface area (Å²) in [7, 11) is 0. The second kappa shape index (κ2) is 7.30. The number of nitrogens with one attached hydrogen (secondary N) is 1. The first-order valence-corrected chi connectivity index (χ1v) is 8.36. The van der Waals surface area contributed by atoms with E-state index in [2.05, 4.69) is 5.32 Å². The Morgan fingerprint density at radius 3 is 2.67 bits per heavy atom. The highest BCUT2D eigenvalue weighted by atomic mass is 19.4. The van der Waals surface area contributed by atoms with E-state index in [-0.39, 0.29) is 18.2 Å². The number of carbonyl (C=O) groups is 2. The van der Waals surface area contributed by atoms with E-state index >= 15 is 0 Å². The molecule has 0 spiro atoms. The van der Waals surface area contributed by atoms with Crippen LogP contribution in [0.2, 0.25) is 0 Å². The van der Waals surface area contributed by atoms with Gasteiger partial charge in [0.1, 0.15) is 5.75 Å². The first kappa shape index (κ1) is 18.8. The van der Waals surface area contributed by atoms with E-state index in [9.17, 15) is 22.8 Å². The summed E-state index contributed by atoms with van der Waals surface area (Å²) >= 11 is 0. The van der Waals surface area contributed by atoms with Crippen molar-refractivity contribution in [1.29, 1.82) is 0 Å². The van der Waals surface area contributed by atoms with Gasteiger partial charge in [-0.1, -0.05) is 19.1 Å². The molecule has 5 nitrogen and oxygen atoms in total. The molecule has 0 aromatic heterocycles. The number of nitrogens with zero attached hydrogens (tertiary/aromatic N) is 1. The summed E-state index contributed by atoms with van der Waals surface area (Å²) in [6.45, 7) is 2.32. The molecule has 0 saturated carbocycles. The molecule has 8 heteroatoms.